The highest BCUT2D eigenvalue weighted by molar-refractivity contribution is 6.09. The average molecular weight is 477 g/mol. The Morgan fingerprint density at radius 3 is 2.49 bits per heavy atom. The first-order chi connectivity index (χ1) is 16.7. The zero-order valence-corrected chi connectivity index (χ0v) is 17.7. The molecule has 8 nitrogen and oxygen atoms in total. The number of carbonyl (C=O) groups excluding carboxylic acids is 1. The zero-order chi connectivity index (χ0) is 24.7. The van der Waals surface area contributed by atoms with Crippen LogP contribution < -0.4 is 5.32 Å². The van der Waals surface area contributed by atoms with E-state index in [2.05, 4.69) is 15.4 Å². The molecule has 5 rings (SSSR count). The standard InChI is InChI=1S/C24H14F3N5O3/c25-24(26,27)21-12-19(16-9-5-7-14-6-1-2-8-15(14)16)29-22-17(13-28-31(21)22)23(33)30-18-10-3-4-11-20(18)32(34)35/h1-13H,(H,30,33). The Kier molecular flexibility index (Phi) is 5.16. The van der Waals surface area contributed by atoms with E-state index in [1.54, 1.807) is 24.3 Å². The van der Waals surface area contributed by atoms with E-state index in [0.29, 0.717) is 15.5 Å². The van der Waals surface area contributed by atoms with Crippen LogP contribution in [0.4, 0.5) is 24.5 Å². The van der Waals surface area contributed by atoms with Crippen molar-refractivity contribution in [3.8, 4) is 11.3 Å². The fraction of sp³-hybridized carbons (Fsp3) is 0.0417. The third-order valence-corrected chi connectivity index (χ3v) is 5.42. The van der Waals surface area contributed by atoms with Gasteiger partial charge in [0.15, 0.2) is 11.3 Å². The summed E-state index contributed by atoms with van der Waals surface area (Å²) in [6.07, 6.45) is -3.84. The van der Waals surface area contributed by atoms with Crippen molar-refractivity contribution in [1.82, 2.24) is 14.6 Å². The van der Waals surface area contributed by atoms with Gasteiger partial charge >= 0.3 is 6.18 Å². The molecule has 11 heteroatoms. The summed E-state index contributed by atoms with van der Waals surface area (Å²) in [7, 11) is 0. The predicted octanol–water partition coefficient (Wildman–Crippen LogP) is 5.73. The first-order valence-corrected chi connectivity index (χ1v) is 10.2. The number of para-hydroxylation sites is 2. The highest BCUT2D eigenvalue weighted by Gasteiger charge is 2.36. The lowest BCUT2D eigenvalue weighted by atomic mass is 10.0. The molecule has 0 saturated carbocycles. The van der Waals surface area contributed by atoms with Crippen LogP contribution in [0.5, 0.6) is 0 Å². The summed E-state index contributed by atoms with van der Waals surface area (Å²) in [5, 5.41) is 18.9. The molecule has 2 heterocycles. The average Bonchev–Trinajstić information content (AvgIpc) is 3.26. The highest BCUT2D eigenvalue weighted by Crippen LogP contribution is 2.35. The Morgan fingerprint density at radius 1 is 1.00 bits per heavy atom. The van der Waals surface area contributed by atoms with Gasteiger partial charge in [-0.15, -0.1) is 0 Å². The molecule has 1 N–H and O–H groups in total. The van der Waals surface area contributed by atoms with Gasteiger partial charge in [-0.3, -0.25) is 14.9 Å². The molecule has 5 aromatic rings. The van der Waals surface area contributed by atoms with Gasteiger partial charge in [0.1, 0.15) is 11.3 Å². The van der Waals surface area contributed by atoms with E-state index in [9.17, 15) is 28.1 Å². The lowest BCUT2D eigenvalue weighted by molar-refractivity contribution is -0.383. The van der Waals surface area contributed by atoms with Gasteiger partial charge in [-0.25, -0.2) is 9.50 Å². The van der Waals surface area contributed by atoms with E-state index in [1.807, 2.05) is 18.2 Å². The number of nitro benzene ring substituents is 1. The molecule has 0 spiro atoms. The second kappa shape index (κ2) is 8.20. The van der Waals surface area contributed by atoms with E-state index in [0.717, 1.165) is 17.6 Å². The van der Waals surface area contributed by atoms with Crippen LogP contribution in [0, 0.1) is 10.1 Å². The Bertz CT molecular complexity index is 1620. The molecule has 0 radical (unpaired) electrons. The maximum atomic E-state index is 14.0. The largest absolute Gasteiger partial charge is 0.433 e. The molecule has 0 aliphatic rings. The quantitative estimate of drug-likeness (QED) is 0.263. The topological polar surface area (TPSA) is 102 Å². The number of amides is 1. The number of anilines is 1. The van der Waals surface area contributed by atoms with Crippen LogP contribution in [0.1, 0.15) is 16.1 Å². The Hall–Kier alpha value is -4.80. The van der Waals surface area contributed by atoms with Crippen molar-refractivity contribution in [1.29, 1.82) is 0 Å². The number of benzene rings is 3. The summed E-state index contributed by atoms with van der Waals surface area (Å²) in [5.41, 5.74) is -1.74. The fourth-order valence-corrected chi connectivity index (χ4v) is 3.84. The molecule has 0 unspecified atom stereocenters. The number of alkyl halides is 3. The Morgan fingerprint density at radius 2 is 1.71 bits per heavy atom. The van der Waals surface area contributed by atoms with Crippen LogP contribution in [0.3, 0.4) is 0 Å². The number of nitrogens with zero attached hydrogens (tertiary/aromatic N) is 4. The molecular formula is C24H14F3N5O3. The first kappa shape index (κ1) is 22.0. The number of nitro groups is 1. The second-order valence-corrected chi connectivity index (χ2v) is 7.57. The van der Waals surface area contributed by atoms with E-state index in [-0.39, 0.29) is 28.3 Å². The normalized spacial score (nSPS) is 11.6. The Balaban J connectivity index is 1.69. The smallest absolute Gasteiger partial charge is 0.316 e. The number of rotatable bonds is 4. The number of hydrogen-bond donors (Lipinski definition) is 1. The summed E-state index contributed by atoms with van der Waals surface area (Å²) in [6, 6.07) is 18.6. The molecular weight excluding hydrogens is 463 g/mol. The molecule has 0 bridgehead atoms. The third kappa shape index (κ3) is 3.92. The number of hydrogen-bond acceptors (Lipinski definition) is 5. The Labute approximate surface area is 194 Å². The highest BCUT2D eigenvalue weighted by atomic mass is 19.4. The fourth-order valence-electron chi connectivity index (χ4n) is 3.84. The molecule has 0 aliphatic heterocycles. The summed E-state index contributed by atoms with van der Waals surface area (Å²) in [5.74, 6) is -0.884. The van der Waals surface area contributed by atoms with E-state index in [1.165, 1.54) is 24.3 Å². The van der Waals surface area contributed by atoms with Gasteiger partial charge in [-0.2, -0.15) is 18.3 Å². The van der Waals surface area contributed by atoms with Gasteiger partial charge in [0, 0.05) is 11.6 Å². The van der Waals surface area contributed by atoms with Crippen molar-refractivity contribution >= 4 is 33.7 Å². The van der Waals surface area contributed by atoms with Crippen molar-refractivity contribution in [2.24, 2.45) is 0 Å². The van der Waals surface area contributed by atoms with E-state index < -0.39 is 22.7 Å². The van der Waals surface area contributed by atoms with E-state index >= 15 is 0 Å². The molecule has 1 amide bonds. The van der Waals surface area contributed by atoms with Crippen molar-refractivity contribution in [3.05, 3.63) is 100 Å². The first-order valence-electron chi connectivity index (χ1n) is 10.2. The molecule has 0 fully saturated rings. The van der Waals surface area contributed by atoms with E-state index in [4.69, 9.17) is 0 Å². The SMILES string of the molecule is O=C(Nc1ccccc1[N+](=O)[O-])c1cnn2c(C(F)(F)F)cc(-c3cccc4ccccc34)nc12. The summed E-state index contributed by atoms with van der Waals surface area (Å²) in [4.78, 5) is 27.9. The van der Waals surface area contributed by atoms with Crippen molar-refractivity contribution in [2.75, 3.05) is 5.32 Å². The van der Waals surface area contributed by atoms with Crippen molar-refractivity contribution in [2.45, 2.75) is 6.18 Å². The van der Waals surface area contributed by atoms with Crippen LogP contribution >= 0.6 is 0 Å². The van der Waals surface area contributed by atoms with Crippen LogP contribution in [0.15, 0.2) is 79.0 Å². The molecule has 174 valence electrons. The minimum Gasteiger partial charge on any atom is -0.316 e. The summed E-state index contributed by atoms with van der Waals surface area (Å²) >= 11 is 0. The monoisotopic (exact) mass is 477 g/mol. The number of nitrogens with one attached hydrogen (secondary N) is 1. The summed E-state index contributed by atoms with van der Waals surface area (Å²) < 4.78 is 42.4. The second-order valence-electron chi connectivity index (χ2n) is 7.57. The molecule has 35 heavy (non-hydrogen) atoms. The van der Waals surface area contributed by atoms with Crippen LogP contribution in [-0.2, 0) is 6.18 Å². The van der Waals surface area contributed by atoms with Gasteiger partial charge in [0.25, 0.3) is 11.6 Å². The molecule has 0 aliphatic carbocycles. The van der Waals surface area contributed by atoms with Gasteiger partial charge in [0.05, 0.1) is 16.8 Å². The molecule has 0 saturated heterocycles. The minimum atomic E-state index is -4.79. The molecule has 3 aromatic carbocycles. The number of halogens is 3. The van der Waals surface area contributed by atoms with Gasteiger partial charge < -0.3 is 5.32 Å². The lowest BCUT2D eigenvalue weighted by Gasteiger charge is -2.13. The van der Waals surface area contributed by atoms with Crippen LogP contribution in [0.25, 0.3) is 27.7 Å². The third-order valence-electron chi connectivity index (χ3n) is 5.42. The number of fused-ring (bicyclic) bond motifs is 2. The van der Waals surface area contributed by atoms with Gasteiger partial charge in [-0.1, -0.05) is 54.6 Å². The van der Waals surface area contributed by atoms with Gasteiger partial charge in [-0.05, 0) is 22.9 Å². The van der Waals surface area contributed by atoms with Crippen LogP contribution in [-0.4, -0.2) is 25.4 Å². The predicted molar refractivity (Wildman–Crippen MR) is 122 cm³/mol. The molecule has 0 atom stereocenters. The van der Waals surface area contributed by atoms with Crippen LogP contribution in [0.2, 0.25) is 0 Å². The summed E-state index contributed by atoms with van der Waals surface area (Å²) in [6.45, 7) is 0. The number of aromatic nitrogens is 3. The van der Waals surface area contributed by atoms with Gasteiger partial charge in [0.2, 0.25) is 0 Å². The zero-order valence-electron chi connectivity index (χ0n) is 17.7. The lowest BCUT2D eigenvalue weighted by Crippen LogP contribution is -2.16. The van der Waals surface area contributed by atoms with Crippen molar-refractivity contribution < 1.29 is 22.9 Å². The maximum Gasteiger partial charge on any atom is 0.433 e. The number of carbonyl (C=O) groups is 1. The minimum absolute atomic E-state index is 0.00173. The van der Waals surface area contributed by atoms with Crippen molar-refractivity contribution in [3.63, 3.8) is 0 Å². The molecule has 2 aromatic heterocycles. The maximum absolute atomic E-state index is 14.0.